The average Bonchev–Trinajstić information content (AvgIpc) is 2.94. The molecular formula is C30H24O13. The Bertz CT molecular complexity index is 1930. The van der Waals surface area contributed by atoms with Crippen molar-refractivity contribution in [3.63, 3.8) is 0 Å². The van der Waals surface area contributed by atoms with Crippen molar-refractivity contribution in [2.45, 2.75) is 18.6 Å². The second-order valence-corrected chi connectivity index (χ2v) is 9.65. The predicted molar refractivity (Wildman–Crippen MR) is 149 cm³/mol. The number of hydrogen-bond donors (Lipinski definition) is 10. The number of ether oxygens (including phenoxy) is 1. The lowest BCUT2D eigenvalue weighted by Crippen LogP contribution is -2.30. The summed E-state index contributed by atoms with van der Waals surface area (Å²) in [7, 11) is 0. The lowest BCUT2D eigenvalue weighted by atomic mass is 9.94. The van der Waals surface area contributed by atoms with Gasteiger partial charge in [-0.25, -0.2) is 0 Å². The standard InChI is InChI=1S/C15H10O7.C15H14O6/c16-7-4-10(19)12-11(5-7)22-15(14(21)13(12)20)6-1-2-8(17)9(18)3-6;16-8-4-11(18)9-6-13(20)15(21-14(9)5-8)7-1-2-10(17)12(19)3-7/h1-5,16-19,21H;1-5,13,15-20H,6H2/t;13-,15+/m.0/s1. The third kappa shape index (κ3) is 5.39. The molecule has 2 heterocycles. The summed E-state index contributed by atoms with van der Waals surface area (Å²) in [4.78, 5) is 12.1. The Hall–Kier alpha value is -5.95. The molecule has 222 valence electrons. The fourth-order valence-corrected chi connectivity index (χ4v) is 4.60. The quantitative estimate of drug-likeness (QED) is 0.132. The number of fused-ring (bicyclic) bond motifs is 2. The Morgan fingerprint density at radius 1 is 0.651 bits per heavy atom. The molecule has 4 aromatic carbocycles. The number of aromatic hydroxyl groups is 9. The van der Waals surface area contributed by atoms with Crippen LogP contribution in [-0.4, -0.2) is 57.2 Å². The molecule has 10 N–H and O–H groups in total. The second-order valence-electron chi connectivity index (χ2n) is 9.65. The molecule has 0 amide bonds. The molecule has 0 bridgehead atoms. The third-order valence-electron chi connectivity index (χ3n) is 6.69. The van der Waals surface area contributed by atoms with Crippen molar-refractivity contribution >= 4 is 11.0 Å². The largest absolute Gasteiger partial charge is 0.508 e. The first-order valence-electron chi connectivity index (χ1n) is 12.5. The summed E-state index contributed by atoms with van der Waals surface area (Å²) < 4.78 is 11.0. The molecule has 0 fully saturated rings. The highest BCUT2D eigenvalue weighted by Crippen LogP contribution is 2.43. The third-order valence-corrected chi connectivity index (χ3v) is 6.69. The summed E-state index contributed by atoms with van der Waals surface area (Å²) in [5.74, 6) is -3.30. The van der Waals surface area contributed by atoms with E-state index in [1.807, 2.05) is 0 Å². The zero-order valence-corrected chi connectivity index (χ0v) is 21.8. The molecule has 0 unspecified atom stereocenters. The minimum absolute atomic E-state index is 0.134. The predicted octanol–water partition coefficient (Wildman–Crippen LogP) is 3.53. The number of aliphatic hydroxyl groups excluding tert-OH is 1. The van der Waals surface area contributed by atoms with Crippen LogP contribution in [-0.2, 0) is 6.42 Å². The molecule has 43 heavy (non-hydrogen) atoms. The van der Waals surface area contributed by atoms with Crippen LogP contribution in [0.2, 0.25) is 0 Å². The summed E-state index contributed by atoms with van der Waals surface area (Å²) >= 11 is 0. The van der Waals surface area contributed by atoms with Gasteiger partial charge >= 0.3 is 0 Å². The minimum atomic E-state index is -0.933. The fourth-order valence-electron chi connectivity index (χ4n) is 4.60. The molecule has 1 aliphatic heterocycles. The summed E-state index contributed by atoms with van der Waals surface area (Å²) in [5, 5.41) is 95.9. The highest BCUT2D eigenvalue weighted by molar-refractivity contribution is 5.88. The van der Waals surface area contributed by atoms with Crippen LogP contribution in [0.5, 0.6) is 57.5 Å². The summed E-state index contributed by atoms with van der Waals surface area (Å²) in [6, 6.07) is 12.3. The number of aliphatic hydroxyl groups is 1. The van der Waals surface area contributed by atoms with Crippen LogP contribution < -0.4 is 10.2 Å². The molecule has 0 spiro atoms. The Morgan fingerprint density at radius 3 is 1.95 bits per heavy atom. The topological polar surface area (TPSA) is 242 Å². The van der Waals surface area contributed by atoms with Crippen LogP contribution in [0.25, 0.3) is 22.3 Å². The van der Waals surface area contributed by atoms with E-state index < -0.39 is 34.9 Å². The van der Waals surface area contributed by atoms with Crippen LogP contribution >= 0.6 is 0 Å². The molecule has 0 aliphatic carbocycles. The van der Waals surface area contributed by atoms with Crippen molar-refractivity contribution in [3.05, 3.63) is 82.0 Å². The van der Waals surface area contributed by atoms with Gasteiger partial charge in [0.25, 0.3) is 0 Å². The minimum Gasteiger partial charge on any atom is -0.508 e. The highest BCUT2D eigenvalue weighted by Gasteiger charge is 2.32. The van der Waals surface area contributed by atoms with Crippen LogP contribution in [0.15, 0.2) is 69.9 Å². The molecule has 0 saturated heterocycles. The lowest BCUT2D eigenvalue weighted by Gasteiger charge is -2.31. The van der Waals surface area contributed by atoms with Crippen LogP contribution in [0, 0.1) is 0 Å². The van der Waals surface area contributed by atoms with Gasteiger partial charge in [0, 0.05) is 41.8 Å². The van der Waals surface area contributed by atoms with Gasteiger partial charge in [-0.3, -0.25) is 4.79 Å². The fraction of sp³-hybridized carbons (Fsp3) is 0.100. The van der Waals surface area contributed by atoms with Gasteiger partial charge in [-0.1, -0.05) is 6.07 Å². The molecule has 1 aliphatic rings. The van der Waals surface area contributed by atoms with Crippen molar-refractivity contribution in [2.24, 2.45) is 0 Å². The van der Waals surface area contributed by atoms with E-state index in [2.05, 4.69) is 0 Å². The van der Waals surface area contributed by atoms with Crippen molar-refractivity contribution in [2.75, 3.05) is 0 Å². The van der Waals surface area contributed by atoms with Crippen molar-refractivity contribution in [1.29, 1.82) is 0 Å². The first-order valence-corrected chi connectivity index (χ1v) is 12.5. The van der Waals surface area contributed by atoms with E-state index in [0.717, 1.165) is 24.3 Å². The first kappa shape index (κ1) is 28.6. The van der Waals surface area contributed by atoms with E-state index in [1.165, 1.54) is 36.4 Å². The molecule has 1 aromatic heterocycles. The van der Waals surface area contributed by atoms with Crippen LogP contribution in [0.3, 0.4) is 0 Å². The monoisotopic (exact) mass is 592 g/mol. The van der Waals surface area contributed by atoms with Crippen molar-refractivity contribution in [3.8, 4) is 68.8 Å². The van der Waals surface area contributed by atoms with Gasteiger partial charge < -0.3 is 60.2 Å². The molecule has 13 heteroatoms. The number of benzene rings is 4. The van der Waals surface area contributed by atoms with Gasteiger partial charge in [-0.05, 0) is 35.9 Å². The molecule has 0 saturated carbocycles. The second kappa shape index (κ2) is 10.8. The molecule has 5 aromatic rings. The summed E-state index contributed by atoms with van der Waals surface area (Å²) in [5.41, 5.74) is 0.00430. The number of rotatable bonds is 2. The molecule has 0 radical (unpaired) electrons. The van der Waals surface area contributed by atoms with Crippen LogP contribution in [0.4, 0.5) is 0 Å². The Balaban J connectivity index is 0.000000171. The summed E-state index contributed by atoms with van der Waals surface area (Å²) in [6.07, 6.45) is -1.56. The van der Waals surface area contributed by atoms with Gasteiger partial charge in [-0.15, -0.1) is 0 Å². The number of phenolic OH excluding ortho intramolecular Hbond substituents is 8. The highest BCUT2D eigenvalue weighted by atomic mass is 16.5. The van der Waals surface area contributed by atoms with E-state index >= 15 is 0 Å². The van der Waals surface area contributed by atoms with E-state index in [0.29, 0.717) is 11.1 Å². The maximum Gasteiger partial charge on any atom is 0.238 e. The average molecular weight is 593 g/mol. The Morgan fingerprint density at radius 2 is 1.28 bits per heavy atom. The van der Waals surface area contributed by atoms with Crippen molar-refractivity contribution < 1.29 is 60.2 Å². The first-order chi connectivity index (χ1) is 20.3. The van der Waals surface area contributed by atoms with Crippen molar-refractivity contribution in [1.82, 2.24) is 0 Å². The van der Waals surface area contributed by atoms with Gasteiger partial charge in [0.2, 0.25) is 11.2 Å². The van der Waals surface area contributed by atoms with Gasteiger partial charge in [0.15, 0.2) is 28.8 Å². The number of hydrogen-bond acceptors (Lipinski definition) is 13. The van der Waals surface area contributed by atoms with Gasteiger partial charge in [0.05, 0.1) is 6.10 Å². The lowest BCUT2D eigenvalue weighted by molar-refractivity contribution is 0.0197. The smallest absolute Gasteiger partial charge is 0.238 e. The summed E-state index contributed by atoms with van der Waals surface area (Å²) in [6.45, 7) is 0. The number of phenols is 8. The van der Waals surface area contributed by atoms with E-state index in [1.54, 1.807) is 0 Å². The Labute approximate surface area is 240 Å². The Kier molecular flexibility index (Phi) is 7.17. The molecule has 6 rings (SSSR count). The molecule has 2 atom stereocenters. The maximum atomic E-state index is 12.1. The molecular weight excluding hydrogens is 568 g/mol. The molecule has 13 nitrogen and oxygen atoms in total. The zero-order chi connectivity index (χ0) is 31.2. The van der Waals surface area contributed by atoms with Gasteiger partial charge in [-0.2, -0.15) is 0 Å². The van der Waals surface area contributed by atoms with E-state index in [-0.39, 0.29) is 69.0 Å². The van der Waals surface area contributed by atoms with E-state index in [4.69, 9.17) is 9.15 Å². The van der Waals surface area contributed by atoms with E-state index in [9.17, 15) is 55.9 Å². The zero-order valence-electron chi connectivity index (χ0n) is 21.8. The normalized spacial score (nSPS) is 15.7. The van der Waals surface area contributed by atoms with Crippen LogP contribution in [0.1, 0.15) is 17.2 Å². The SMILES string of the molecule is O=c1c(O)c(-c2ccc(O)c(O)c2)oc2cc(O)cc(O)c12.Oc1cc(O)c2c(c1)O[C@H](c1ccc(O)c(O)c1)[C@@H](O)C2. The van der Waals surface area contributed by atoms with Gasteiger partial charge in [0.1, 0.15) is 45.8 Å². The maximum absolute atomic E-state index is 12.1.